The largest absolute Gasteiger partial charge is 0.470 e. The maximum absolute atomic E-state index is 12.2. The summed E-state index contributed by atoms with van der Waals surface area (Å²) < 4.78 is 11.4. The summed E-state index contributed by atoms with van der Waals surface area (Å²) in [6.45, 7) is 2.97. The average molecular weight is 320 g/mol. The van der Waals surface area contributed by atoms with Crippen LogP contribution in [0.3, 0.4) is 0 Å². The monoisotopic (exact) mass is 320 g/mol. The molecule has 2 aliphatic rings. The summed E-state index contributed by atoms with van der Waals surface area (Å²) in [4.78, 5) is 16.4. The summed E-state index contributed by atoms with van der Waals surface area (Å²) in [5.74, 6) is 1.17. The normalized spacial score (nSPS) is 25.2. The zero-order valence-electron chi connectivity index (χ0n) is 13.2. The first-order valence-electron chi connectivity index (χ1n) is 8.22. The van der Waals surface area contributed by atoms with Gasteiger partial charge in [0.1, 0.15) is 6.10 Å². The van der Waals surface area contributed by atoms with Crippen molar-refractivity contribution in [2.75, 3.05) is 26.3 Å². The summed E-state index contributed by atoms with van der Waals surface area (Å²) in [5, 5.41) is 3.10. The number of hydrogen-bond donors (Lipinski definition) is 3. The van der Waals surface area contributed by atoms with Crippen LogP contribution in [0.4, 0.5) is 0 Å². The zero-order valence-corrected chi connectivity index (χ0v) is 13.2. The Morgan fingerprint density at radius 1 is 1.39 bits per heavy atom. The van der Waals surface area contributed by atoms with Crippen molar-refractivity contribution in [1.82, 2.24) is 21.2 Å². The molecular weight excluding hydrogens is 296 g/mol. The molecule has 1 aromatic heterocycles. The van der Waals surface area contributed by atoms with Crippen LogP contribution in [0.1, 0.15) is 19.3 Å². The molecule has 126 valence electrons. The Bertz CT molecular complexity index is 493. The van der Waals surface area contributed by atoms with Crippen molar-refractivity contribution >= 4 is 5.91 Å². The zero-order chi connectivity index (χ0) is 15.9. The van der Waals surface area contributed by atoms with Gasteiger partial charge in [-0.2, -0.15) is 0 Å². The third kappa shape index (κ3) is 4.89. The van der Waals surface area contributed by atoms with Crippen molar-refractivity contribution in [3.05, 3.63) is 24.4 Å². The Hall–Kier alpha value is -1.70. The minimum Gasteiger partial charge on any atom is -0.470 e. The molecule has 0 aromatic carbocycles. The SMILES string of the molecule is O=C(CCC1CNNC1)N[C@@H]1CCOC[C@H]1Oc1ccccn1. The van der Waals surface area contributed by atoms with Crippen molar-refractivity contribution in [3.8, 4) is 5.88 Å². The van der Waals surface area contributed by atoms with Crippen LogP contribution in [-0.4, -0.2) is 49.3 Å². The third-order valence-corrected chi connectivity index (χ3v) is 4.25. The van der Waals surface area contributed by atoms with Crippen LogP contribution in [0.2, 0.25) is 0 Å². The van der Waals surface area contributed by atoms with Gasteiger partial charge in [0.05, 0.1) is 12.6 Å². The highest BCUT2D eigenvalue weighted by atomic mass is 16.5. The molecule has 0 saturated carbocycles. The van der Waals surface area contributed by atoms with Crippen LogP contribution in [0.15, 0.2) is 24.4 Å². The molecule has 7 nitrogen and oxygen atoms in total. The molecule has 2 fully saturated rings. The Kier molecular flexibility index (Phi) is 5.79. The lowest BCUT2D eigenvalue weighted by molar-refractivity contribution is -0.124. The maximum atomic E-state index is 12.2. The number of nitrogens with zero attached hydrogens (tertiary/aromatic N) is 1. The van der Waals surface area contributed by atoms with Crippen LogP contribution in [0.5, 0.6) is 5.88 Å². The van der Waals surface area contributed by atoms with Crippen LogP contribution in [-0.2, 0) is 9.53 Å². The van der Waals surface area contributed by atoms with E-state index in [4.69, 9.17) is 9.47 Å². The van der Waals surface area contributed by atoms with Gasteiger partial charge in [-0.25, -0.2) is 4.98 Å². The third-order valence-electron chi connectivity index (χ3n) is 4.25. The molecule has 0 unspecified atom stereocenters. The van der Waals surface area contributed by atoms with Crippen LogP contribution < -0.4 is 20.9 Å². The maximum Gasteiger partial charge on any atom is 0.220 e. The van der Waals surface area contributed by atoms with Crippen molar-refractivity contribution in [1.29, 1.82) is 0 Å². The summed E-state index contributed by atoms with van der Waals surface area (Å²) in [6, 6.07) is 5.51. The van der Waals surface area contributed by atoms with Crippen LogP contribution >= 0.6 is 0 Å². The Labute approximate surface area is 136 Å². The summed E-state index contributed by atoms with van der Waals surface area (Å²) in [6.07, 6.45) is 3.69. The number of rotatable bonds is 6. The van der Waals surface area contributed by atoms with Crippen LogP contribution in [0.25, 0.3) is 0 Å². The van der Waals surface area contributed by atoms with Gasteiger partial charge in [0.15, 0.2) is 0 Å². The molecule has 3 rings (SSSR count). The Balaban J connectivity index is 1.48. The lowest BCUT2D eigenvalue weighted by Gasteiger charge is -2.32. The van der Waals surface area contributed by atoms with Crippen molar-refractivity contribution in [2.24, 2.45) is 5.92 Å². The first kappa shape index (κ1) is 16.2. The van der Waals surface area contributed by atoms with E-state index in [0.717, 1.165) is 25.9 Å². The van der Waals surface area contributed by atoms with E-state index in [2.05, 4.69) is 21.2 Å². The molecule has 0 radical (unpaired) electrons. The van der Waals surface area contributed by atoms with Gasteiger partial charge in [-0.3, -0.25) is 15.6 Å². The number of hydrazine groups is 1. The predicted octanol–water partition coefficient (Wildman–Crippen LogP) is 0.238. The molecule has 1 amide bonds. The van der Waals surface area contributed by atoms with E-state index in [9.17, 15) is 4.79 Å². The van der Waals surface area contributed by atoms with E-state index in [-0.39, 0.29) is 18.1 Å². The van der Waals surface area contributed by atoms with Crippen molar-refractivity contribution in [3.63, 3.8) is 0 Å². The van der Waals surface area contributed by atoms with Gasteiger partial charge >= 0.3 is 0 Å². The lowest BCUT2D eigenvalue weighted by atomic mass is 10.0. The molecule has 3 N–H and O–H groups in total. The molecule has 3 heterocycles. The van der Waals surface area contributed by atoms with Gasteiger partial charge in [0.2, 0.25) is 11.8 Å². The van der Waals surface area contributed by atoms with Gasteiger partial charge in [-0.15, -0.1) is 0 Å². The summed E-state index contributed by atoms with van der Waals surface area (Å²) >= 11 is 0. The topological polar surface area (TPSA) is 84.5 Å². The first-order valence-corrected chi connectivity index (χ1v) is 8.22. The van der Waals surface area contributed by atoms with Crippen molar-refractivity contribution in [2.45, 2.75) is 31.4 Å². The molecule has 0 aliphatic carbocycles. The minimum atomic E-state index is -0.197. The number of aromatic nitrogens is 1. The number of hydrogen-bond acceptors (Lipinski definition) is 6. The standard InChI is InChI=1S/C16H24N4O3/c21-15(5-4-12-9-18-19-10-12)20-13-6-8-22-11-14(13)23-16-3-1-2-7-17-16/h1-3,7,12-14,18-19H,4-6,8-11H2,(H,20,21)/t13-,14-/m1/s1. The minimum absolute atomic E-state index is 0.0296. The number of pyridine rings is 1. The van der Waals surface area contributed by atoms with Gasteiger partial charge in [-0.05, 0) is 24.8 Å². The van der Waals surface area contributed by atoms with E-state index in [1.54, 1.807) is 6.20 Å². The van der Waals surface area contributed by atoms with Crippen molar-refractivity contribution < 1.29 is 14.3 Å². The quantitative estimate of drug-likeness (QED) is 0.696. The molecule has 2 saturated heterocycles. The van der Waals surface area contributed by atoms with E-state index in [0.29, 0.717) is 31.4 Å². The smallest absolute Gasteiger partial charge is 0.220 e. The van der Waals surface area contributed by atoms with Gasteiger partial charge < -0.3 is 14.8 Å². The highest BCUT2D eigenvalue weighted by Crippen LogP contribution is 2.16. The molecular formula is C16H24N4O3. The highest BCUT2D eigenvalue weighted by molar-refractivity contribution is 5.76. The van der Waals surface area contributed by atoms with E-state index in [1.807, 2.05) is 18.2 Å². The molecule has 2 aliphatic heterocycles. The second kappa shape index (κ2) is 8.24. The summed E-state index contributed by atoms with van der Waals surface area (Å²) in [7, 11) is 0. The number of nitrogens with one attached hydrogen (secondary N) is 3. The van der Waals surface area contributed by atoms with Gasteiger partial charge in [0, 0.05) is 38.4 Å². The number of carbonyl (C=O) groups is 1. The molecule has 7 heteroatoms. The fraction of sp³-hybridized carbons (Fsp3) is 0.625. The van der Waals surface area contributed by atoms with E-state index >= 15 is 0 Å². The Morgan fingerprint density at radius 2 is 2.26 bits per heavy atom. The average Bonchev–Trinajstić information content (AvgIpc) is 3.09. The number of amides is 1. The van der Waals surface area contributed by atoms with Gasteiger partial charge in [-0.1, -0.05) is 6.07 Å². The first-order chi connectivity index (χ1) is 11.3. The predicted molar refractivity (Wildman–Crippen MR) is 84.7 cm³/mol. The van der Waals surface area contributed by atoms with E-state index < -0.39 is 0 Å². The Morgan fingerprint density at radius 3 is 3.04 bits per heavy atom. The number of carbonyl (C=O) groups excluding carboxylic acids is 1. The fourth-order valence-corrected chi connectivity index (χ4v) is 2.89. The molecule has 1 aromatic rings. The highest BCUT2D eigenvalue weighted by Gasteiger charge is 2.29. The second-order valence-corrected chi connectivity index (χ2v) is 6.03. The molecule has 2 atom stereocenters. The summed E-state index contributed by atoms with van der Waals surface area (Å²) in [5.41, 5.74) is 6.17. The number of ether oxygens (including phenoxy) is 2. The fourth-order valence-electron chi connectivity index (χ4n) is 2.89. The molecule has 0 bridgehead atoms. The lowest BCUT2D eigenvalue weighted by Crippen LogP contribution is -2.51. The molecule has 0 spiro atoms. The van der Waals surface area contributed by atoms with E-state index in [1.165, 1.54) is 0 Å². The second-order valence-electron chi connectivity index (χ2n) is 6.03. The van der Waals surface area contributed by atoms with Gasteiger partial charge in [0.25, 0.3) is 0 Å². The molecule has 23 heavy (non-hydrogen) atoms. The van der Waals surface area contributed by atoms with Crippen LogP contribution in [0, 0.1) is 5.92 Å².